The van der Waals surface area contributed by atoms with Gasteiger partial charge in [0, 0.05) is 17.2 Å². The van der Waals surface area contributed by atoms with Crippen molar-refractivity contribution in [2.45, 2.75) is 46.3 Å². The maximum absolute atomic E-state index is 12.8. The first-order valence-electron chi connectivity index (χ1n) is 8.78. The normalized spacial score (nSPS) is 19.1. The molecule has 2 aliphatic rings. The predicted octanol–water partition coefficient (Wildman–Crippen LogP) is 2.95. The number of hydrogen-bond acceptors (Lipinski definition) is 5. The fourth-order valence-electron chi connectivity index (χ4n) is 3.12. The van der Waals surface area contributed by atoms with E-state index in [-0.39, 0.29) is 17.7 Å². The van der Waals surface area contributed by atoms with E-state index in [1.165, 1.54) is 0 Å². The van der Waals surface area contributed by atoms with Crippen LogP contribution in [0.4, 0.5) is 11.4 Å². The highest BCUT2D eigenvalue weighted by molar-refractivity contribution is 6.01. The Morgan fingerprint density at radius 2 is 2.12 bits per heavy atom. The van der Waals surface area contributed by atoms with Crippen LogP contribution in [0.15, 0.2) is 22.7 Å². The van der Waals surface area contributed by atoms with Crippen molar-refractivity contribution in [3.05, 3.63) is 35.2 Å². The highest BCUT2D eigenvalue weighted by Gasteiger charge is 2.34. The fourth-order valence-corrected chi connectivity index (χ4v) is 3.12. The highest BCUT2D eigenvalue weighted by atomic mass is 16.5. The lowest BCUT2D eigenvalue weighted by Crippen LogP contribution is -2.44. The summed E-state index contributed by atoms with van der Waals surface area (Å²) in [6.07, 6.45) is 1.30. The van der Waals surface area contributed by atoms with Crippen molar-refractivity contribution in [1.82, 2.24) is 5.16 Å². The maximum atomic E-state index is 12.8. The van der Waals surface area contributed by atoms with Crippen LogP contribution in [0.2, 0.25) is 0 Å². The predicted molar refractivity (Wildman–Crippen MR) is 95.1 cm³/mol. The molecule has 7 heteroatoms. The number of anilines is 2. The summed E-state index contributed by atoms with van der Waals surface area (Å²) in [6, 6.07) is 5.38. The average Bonchev–Trinajstić information content (AvgIpc) is 3.41. The summed E-state index contributed by atoms with van der Waals surface area (Å²) in [5.74, 6) is 1.31. The Hall–Kier alpha value is -2.83. The monoisotopic (exact) mass is 355 g/mol. The third kappa shape index (κ3) is 2.94. The van der Waals surface area contributed by atoms with E-state index in [9.17, 15) is 9.59 Å². The zero-order valence-corrected chi connectivity index (χ0v) is 15.0. The second-order valence-corrected chi connectivity index (χ2v) is 6.93. The average molecular weight is 355 g/mol. The van der Waals surface area contributed by atoms with Gasteiger partial charge in [-0.3, -0.25) is 9.59 Å². The quantitative estimate of drug-likeness (QED) is 0.911. The van der Waals surface area contributed by atoms with Gasteiger partial charge in [0.1, 0.15) is 11.5 Å². The highest BCUT2D eigenvalue weighted by Crippen LogP contribution is 2.38. The molecule has 1 aromatic carbocycles. The molecular formula is C19H21N3O4. The molecule has 0 saturated heterocycles. The number of fused-ring (bicyclic) bond motifs is 1. The van der Waals surface area contributed by atoms with Gasteiger partial charge >= 0.3 is 0 Å². The van der Waals surface area contributed by atoms with E-state index in [0.717, 1.165) is 24.1 Å². The van der Waals surface area contributed by atoms with Crippen LogP contribution in [-0.2, 0) is 16.1 Å². The number of carbonyl (C=O) groups excluding carboxylic acids is 2. The van der Waals surface area contributed by atoms with E-state index < -0.39 is 6.10 Å². The number of benzene rings is 1. The van der Waals surface area contributed by atoms with E-state index in [2.05, 4.69) is 10.5 Å². The van der Waals surface area contributed by atoms with Crippen molar-refractivity contribution in [3.8, 4) is 5.75 Å². The summed E-state index contributed by atoms with van der Waals surface area (Å²) >= 11 is 0. The van der Waals surface area contributed by atoms with Crippen LogP contribution >= 0.6 is 0 Å². The first-order chi connectivity index (χ1) is 12.4. The van der Waals surface area contributed by atoms with Crippen LogP contribution in [0.25, 0.3) is 0 Å². The lowest BCUT2D eigenvalue weighted by atomic mass is 10.1. The van der Waals surface area contributed by atoms with Crippen LogP contribution in [0.3, 0.4) is 0 Å². The Morgan fingerprint density at radius 3 is 2.77 bits per heavy atom. The van der Waals surface area contributed by atoms with Gasteiger partial charge in [0.15, 0.2) is 6.10 Å². The lowest BCUT2D eigenvalue weighted by Gasteiger charge is -2.33. The third-order valence-corrected chi connectivity index (χ3v) is 4.88. The van der Waals surface area contributed by atoms with Gasteiger partial charge in [0.25, 0.3) is 5.91 Å². The molecule has 26 heavy (non-hydrogen) atoms. The number of carbonyl (C=O) groups is 2. The van der Waals surface area contributed by atoms with Crippen molar-refractivity contribution in [2.24, 2.45) is 5.92 Å². The van der Waals surface area contributed by atoms with Crippen LogP contribution in [0.5, 0.6) is 5.75 Å². The molecule has 4 rings (SSSR count). The fraction of sp³-hybridized carbons (Fsp3) is 0.421. The molecule has 1 unspecified atom stereocenters. The molecule has 1 N–H and O–H groups in total. The van der Waals surface area contributed by atoms with Crippen LogP contribution in [0.1, 0.15) is 36.8 Å². The molecule has 0 bridgehead atoms. The molecule has 1 aromatic heterocycles. The minimum Gasteiger partial charge on any atom is -0.479 e. The van der Waals surface area contributed by atoms with E-state index in [1.54, 1.807) is 30.0 Å². The zero-order valence-electron chi connectivity index (χ0n) is 15.0. The molecular weight excluding hydrogens is 334 g/mol. The molecule has 1 saturated carbocycles. The largest absolute Gasteiger partial charge is 0.479 e. The van der Waals surface area contributed by atoms with Gasteiger partial charge in [-0.25, -0.2) is 0 Å². The number of aryl methyl sites for hydroxylation is 2. The second-order valence-electron chi connectivity index (χ2n) is 6.93. The molecule has 2 aromatic rings. The number of hydrogen-bond donors (Lipinski definition) is 1. The summed E-state index contributed by atoms with van der Waals surface area (Å²) < 4.78 is 11.0. The zero-order chi connectivity index (χ0) is 18.4. The first-order valence-corrected chi connectivity index (χ1v) is 8.78. The summed E-state index contributed by atoms with van der Waals surface area (Å²) in [5, 5.41) is 6.88. The van der Waals surface area contributed by atoms with Crippen LogP contribution < -0.4 is 15.0 Å². The summed E-state index contributed by atoms with van der Waals surface area (Å²) in [7, 11) is 0. The number of ether oxygens (including phenoxy) is 1. The minimum absolute atomic E-state index is 0.0265. The van der Waals surface area contributed by atoms with E-state index in [1.807, 2.05) is 13.8 Å². The van der Waals surface area contributed by atoms with Crippen molar-refractivity contribution < 1.29 is 18.8 Å². The molecule has 1 fully saturated rings. The molecule has 7 nitrogen and oxygen atoms in total. The van der Waals surface area contributed by atoms with Crippen LogP contribution in [-0.4, -0.2) is 23.1 Å². The van der Waals surface area contributed by atoms with Gasteiger partial charge in [-0.05, 0) is 51.8 Å². The SMILES string of the molecule is Cc1noc(C)c1CN1C(=O)C(C)Oc2ccc(NC(=O)C3CC3)cc21. The molecule has 2 amide bonds. The minimum atomic E-state index is -0.574. The van der Waals surface area contributed by atoms with Gasteiger partial charge in [-0.1, -0.05) is 5.16 Å². The third-order valence-electron chi connectivity index (χ3n) is 4.88. The Bertz CT molecular complexity index is 865. The molecule has 1 aliphatic carbocycles. The Balaban J connectivity index is 1.67. The van der Waals surface area contributed by atoms with Gasteiger partial charge in [-0.2, -0.15) is 0 Å². The van der Waals surface area contributed by atoms with Crippen molar-refractivity contribution in [3.63, 3.8) is 0 Å². The van der Waals surface area contributed by atoms with Crippen molar-refractivity contribution in [2.75, 3.05) is 10.2 Å². The molecule has 0 spiro atoms. The molecule has 0 radical (unpaired) electrons. The number of nitrogens with one attached hydrogen (secondary N) is 1. The summed E-state index contributed by atoms with van der Waals surface area (Å²) in [6.45, 7) is 5.76. The van der Waals surface area contributed by atoms with Gasteiger partial charge in [0.2, 0.25) is 5.91 Å². The van der Waals surface area contributed by atoms with Crippen molar-refractivity contribution >= 4 is 23.2 Å². The Kier molecular flexibility index (Phi) is 3.94. The van der Waals surface area contributed by atoms with E-state index in [0.29, 0.717) is 29.4 Å². The standard InChI is InChI=1S/C19H21N3O4/c1-10-15(11(2)26-21-10)9-22-16-8-14(20-18(23)13-4-5-13)6-7-17(16)25-12(3)19(22)24/h6-8,12-13H,4-5,9H2,1-3H3,(H,20,23). The number of rotatable bonds is 4. The molecule has 1 aliphatic heterocycles. The maximum Gasteiger partial charge on any atom is 0.268 e. The van der Waals surface area contributed by atoms with E-state index in [4.69, 9.17) is 9.26 Å². The second kappa shape index (κ2) is 6.16. The Labute approximate surface area is 151 Å². The van der Waals surface area contributed by atoms with Gasteiger partial charge in [-0.15, -0.1) is 0 Å². The number of aromatic nitrogens is 1. The smallest absolute Gasteiger partial charge is 0.268 e. The number of amides is 2. The molecule has 136 valence electrons. The number of nitrogens with zero attached hydrogens (tertiary/aromatic N) is 2. The van der Waals surface area contributed by atoms with Gasteiger partial charge in [0.05, 0.1) is 17.9 Å². The lowest BCUT2D eigenvalue weighted by molar-refractivity contribution is -0.125. The van der Waals surface area contributed by atoms with E-state index >= 15 is 0 Å². The Morgan fingerprint density at radius 1 is 1.35 bits per heavy atom. The first kappa shape index (κ1) is 16.6. The summed E-state index contributed by atoms with van der Waals surface area (Å²) in [4.78, 5) is 26.5. The topological polar surface area (TPSA) is 84.7 Å². The summed E-state index contributed by atoms with van der Waals surface area (Å²) in [5.41, 5.74) is 2.94. The van der Waals surface area contributed by atoms with Crippen molar-refractivity contribution in [1.29, 1.82) is 0 Å². The van der Waals surface area contributed by atoms with Gasteiger partial charge < -0.3 is 19.5 Å². The molecule has 2 heterocycles. The van der Waals surface area contributed by atoms with Crippen LogP contribution in [0, 0.1) is 19.8 Å². The molecule has 1 atom stereocenters.